The van der Waals surface area contributed by atoms with E-state index in [4.69, 9.17) is 0 Å². The molecule has 2 amide bonds. The molecule has 7 nitrogen and oxygen atoms in total. The standard InChI is InChI=1S/C13H14N4O3/c1-9(18)11-7-17(16-15-11)8-12(19)14-13(20)10-5-3-2-4-6-10/h2-7,9,18H,8H2,1H3,(H,14,19,20). The number of aliphatic hydroxyl groups excluding tert-OH is 1. The second-order valence-electron chi connectivity index (χ2n) is 4.26. The summed E-state index contributed by atoms with van der Waals surface area (Å²) in [6, 6.07) is 8.44. The van der Waals surface area contributed by atoms with E-state index in [0.29, 0.717) is 11.3 Å². The summed E-state index contributed by atoms with van der Waals surface area (Å²) in [4.78, 5) is 23.4. The van der Waals surface area contributed by atoms with E-state index in [2.05, 4.69) is 15.6 Å². The summed E-state index contributed by atoms with van der Waals surface area (Å²) in [6.07, 6.45) is 0.704. The lowest BCUT2D eigenvalue weighted by Crippen LogP contribution is -2.33. The van der Waals surface area contributed by atoms with Crippen molar-refractivity contribution in [3.63, 3.8) is 0 Å². The molecule has 2 N–H and O–H groups in total. The van der Waals surface area contributed by atoms with Crippen molar-refractivity contribution in [1.82, 2.24) is 20.3 Å². The number of nitrogens with one attached hydrogen (secondary N) is 1. The number of hydrogen-bond donors (Lipinski definition) is 2. The molecule has 0 fully saturated rings. The molecule has 104 valence electrons. The van der Waals surface area contributed by atoms with Gasteiger partial charge in [0.1, 0.15) is 12.2 Å². The van der Waals surface area contributed by atoms with E-state index in [-0.39, 0.29) is 6.54 Å². The number of aromatic nitrogens is 3. The van der Waals surface area contributed by atoms with Gasteiger partial charge >= 0.3 is 0 Å². The summed E-state index contributed by atoms with van der Waals surface area (Å²) in [5.41, 5.74) is 0.774. The first-order valence-electron chi connectivity index (χ1n) is 6.03. The molecule has 0 radical (unpaired) electrons. The Hall–Kier alpha value is -2.54. The van der Waals surface area contributed by atoms with Crippen LogP contribution in [0.5, 0.6) is 0 Å². The Balaban J connectivity index is 1.93. The van der Waals surface area contributed by atoms with Gasteiger partial charge in [-0.1, -0.05) is 23.4 Å². The van der Waals surface area contributed by atoms with Gasteiger partial charge in [-0.3, -0.25) is 14.9 Å². The van der Waals surface area contributed by atoms with E-state index in [0.717, 1.165) is 0 Å². The molecule has 1 aromatic heterocycles. The molecule has 0 saturated carbocycles. The van der Waals surface area contributed by atoms with Gasteiger partial charge in [0.2, 0.25) is 5.91 Å². The van der Waals surface area contributed by atoms with Crippen LogP contribution in [0.25, 0.3) is 0 Å². The molecule has 0 spiro atoms. The Kier molecular flexibility index (Phi) is 4.21. The number of carbonyl (C=O) groups is 2. The number of benzene rings is 1. The largest absolute Gasteiger partial charge is 0.387 e. The normalized spacial score (nSPS) is 11.9. The summed E-state index contributed by atoms with van der Waals surface area (Å²) in [5, 5.41) is 18.9. The van der Waals surface area contributed by atoms with Gasteiger partial charge in [0.15, 0.2) is 0 Å². The molecule has 2 rings (SSSR count). The monoisotopic (exact) mass is 274 g/mol. The van der Waals surface area contributed by atoms with Crippen LogP contribution in [-0.4, -0.2) is 31.9 Å². The highest BCUT2D eigenvalue weighted by Crippen LogP contribution is 2.06. The van der Waals surface area contributed by atoms with Crippen molar-refractivity contribution in [2.75, 3.05) is 0 Å². The molecular weight excluding hydrogens is 260 g/mol. The summed E-state index contributed by atoms with van der Waals surface area (Å²) >= 11 is 0. The van der Waals surface area contributed by atoms with Crippen LogP contribution in [0.4, 0.5) is 0 Å². The predicted octanol–water partition coefficient (Wildman–Crippen LogP) is 0.288. The number of rotatable bonds is 4. The highest BCUT2D eigenvalue weighted by atomic mass is 16.3. The molecule has 7 heteroatoms. The van der Waals surface area contributed by atoms with E-state index in [9.17, 15) is 14.7 Å². The van der Waals surface area contributed by atoms with Crippen LogP contribution in [0.3, 0.4) is 0 Å². The highest BCUT2D eigenvalue weighted by molar-refractivity contribution is 6.04. The molecule has 0 aliphatic carbocycles. The van der Waals surface area contributed by atoms with E-state index < -0.39 is 17.9 Å². The van der Waals surface area contributed by atoms with Crippen molar-refractivity contribution in [3.05, 3.63) is 47.8 Å². The average Bonchev–Trinajstić information content (AvgIpc) is 2.88. The molecule has 1 unspecified atom stereocenters. The van der Waals surface area contributed by atoms with Gasteiger partial charge < -0.3 is 5.11 Å². The average molecular weight is 274 g/mol. The first kappa shape index (κ1) is 13.9. The molecule has 0 aliphatic rings. The minimum absolute atomic E-state index is 0.141. The first-order valence-corrected chi connectivity index (χ1v) is 6.03. The van der Waals surface area contributed by atoms with Gasteiger partial charge in [-0.2, -0.15) is 0 Å². The van der Waals surface area contributed by atoms with E-state index in [1.54, 1.807) is 37.3 Å². The van der Waals surface area contributed by atoms with E-state index in [1.807, 2.05) is 0 Å². The fourth-order valence-electron chi connectivity index (χ4n) is 1.56. The summed E-state index contributed by atoms with van der Waals surface area (Å²) < 4.78 is 1.26. The number of aliphatic hydroxyl groups is 1. The lowest BCUT2D eigenvalue weighted by Gasteiger charge is -2.03. The number of imide groups is 1. The quantitative estimate of drug-likeness (QED) is 0.835. The van der Waals surface area contributed by atoms with Crippen molar-refractivity contribution in [2.24, 2.45) is 0 Å². The second kappa shape index (κ2) is 6.07. The molecule has 1 atom stereocenters. The zero-order valence-corrected chi connectivity index (χ0v) is 10.9. The van der Waals surface area contributed by atoms with Gasteiger partial charge in [0, 0.05) is 5.56 Å². The maximum Gasteiger partial charge on any atom is 0.257 e. The minimum atomic E-state index is -0.752. The third-order valence-electron chi connectivity index (χ3n) is 2.58. The second-order valence-corrected chi connectivity index (χ2v) is 4.26. The Morgan fingerprint density at radius 1 is 1.35 bits per heavy atom. The van der Waals surface area contributed by atoms with Gasteiger partial charge in [0.25, 0.3) is 5.91 Å². The third kappa shape index (κ3) is 3.48. The van der Waals surface area contributed by atoms with E-state index in [1.165, 1.54) is 10.9 Å². The van der Waals surface area contributed by atoms with Crippen molar-refractivity contribution in [2.45, 2.75) is 19.6 Å². The first-order chi connectivity index (χ1) is 9.56. The fourth-order valence-corrected chi connectivity index (χ4v) is 1.56. The molecule has 0 saturated heterocycles. The summed E-state index contributed by atoms with van der Waals surface area (Å²) in [6.45, 7) is 1.41. The molecule has 2 aromatic rings. The number of nitrogens with zero attached hydrogens (tertiary/aromatic N) is 3. The van der Waals surface area contributed by atoms with Gasteiger partial charge in [-0.25, -0.2) is 4.68 Å². The van der Waals surface area contributed by atoms with Crippen molar-refractivity contribution < 1.29 is 14.7 Å². The molecule has 1 aromatic carbocycles. The topological polar surface area (TPSA) is 97.1 Å². The third-order valence-corrected chi connectivity index (χ3v) is 2.58. The van der Waals surface area contributed by atoms with Crippen molar-refractivity contribution in [1.29, 1.82) is 0 Å². The van der Waals surface area contributed by atoms with E-state index >= 15 is 0 Å². The zero-order chi connectivity index (χ0) is 14.5. The summed E-state index contributed by atoms with van der Waals surface area (Å²) in [5.74, 6) is -0.965. The van der Waals surface area contributed by atoms with Crippen LogP contribution in [0.1, 0.15) is 29.1 Å². The fraction of sp³-hybridized carbons (Fsp3) is 0.231. The molecule has 20 heavy (non-hydrogen) atoms. The van der Waals surface area contributed by atoms with Crippen molar-refractivity contribution >= 4 is 11.8 Å². The molecule has 1 heterocycles. The van der Waals surface area contributed by atoms with Crippen LogP contribution in [-0.2, 0) is 11.3 Å². The minimum Gasteiger partial charge on any atom is -0.387 e. The Morgan fingerprint density at radius 2 is 2.05 bits per heavy atom. The maximum absolute atomic E-state index is 11.7. The van der Waals surface area contributed by atoms with Crippen LogP contribution in [0, 0.1) is 0 Å². The zero-order valence-electron chi connectivity index (χ0n) is 10.9. The van der Waals surface area contributed by atoms with Crippen LogP contribution >= 0.6 is 0 Å². The Morgan fingerprint density at radius 3 is 2.65 bits per heavy atom. The number of hydrogen-bond acceptors (Lipinski definition) is 5. The smallest absolute Gasteiger partial charge is 0.257 e. The maximum atomic E-state index is 11.7. The molecule has 0 aliphatic heterocycles. The van der Waals surface area contributed by atoms with Crippen LogP contribution in [0.15, 0.2) is 36.5 Å². The number of amides is 2. The summed E-state index contributed by atoms with van der Waals surface area (Å²) in [7, 11) is 0. The lowest BCUT2D eigenvalue weighted by molar-refractivity contribution is -0.120. The molecular formula is C13H14N4O3. The van der Waals surface area contributed by atoms with Crippen molar-refractivity contribution in [3.8, 4) is 0 Å². The van der Waals surface area contributed by atoms with Gasteiger partial charge in [-0.05, 0) is 19.1 Å². The Bertz CT molecular complexity index is 607. The van der Waals surface area contributed by atoms with Gasteiger partial charge in [-0.15, -0.1) is 5.10 Å². The van der Waals surface area contributed by atoms with Crippen LogP contribution in [0.2, 0.25) is 0 Å². The lowest BCUT2D eigenvalue weighted by atomic mass is 10.2. The van der Waals surface area contributed by atoms with Gasteiger partial charge in [0.05, 0.1) is 12.3 Å². The number of carbonyl (C=O) groups excluding carboxylic acids is 2. The molecule has 0 bridgehead atoms. The van der Waals surface area contributed by atoms with Crippen LogP contribution < -0.4 is 5.32 Å². The predicted molar refractivity (Wildman–Crippen MR) is 69.6 cm³/mol. The SMILES string of the molecule is CC(O)c1cn(CC(=O)NC(=O)c2ccccc2)nn1. The Labute approximate surface area is 115 Å². The highest BCUT2D eigenvalue weighted by Gasteiger charge is 2.12.